The zero-order valence-corrected chi connectivity index (χ0v) is 17.0. The van der Waals surface area contributed by atoms with Crippen LogP contribution in [-0.4, -0.2) is 24.6 Å². The van der Waals surface area contributed by atoms with Crippen molar-refractivity contribution in [2.24, 2.45) is 0 Å². The minimum Gasteiger partial charge on any atom is -0.493 e. The first-order chi connectivity index (χ1) is 14.5. The Morgan fingerprint density at radius 3 is 1.90 bits per heavy atom. The maximum Gasteiger partial charge on any atom is 0.343 e. The molecule has 0 aliphatic rings. The Hall–Kier alpha value is -3.60. The summed E-state index contributed by atoms with van der Waals surface area (Å²) < 4.78 is 16.2. The lowest BCUT2D eigenvalue weighted by Gasteiger charge is -2.09. The Balaban J connectivity index is 1.51. The number of hydrogen-bond acceptors (Lipinski definition) is 5. The van der Waals surface area contributed by atoms with E-state index in [2.05, 4.69) is 12.1 Å². The summed E-state index contributed by atoms with van der Waals surface area (Å²) in [6.07, 6.45) is 0.617. The van der Waals surface area contributed by atoms with Gasteiger partial charge in [-0.15, -0.1) is 0 Å². The Labute approximate surface area is 176 Å². The van der Waals surface area contributed by atoms with Crippen LogP contribution < -0.4 is 9.47 Å². The van der Waals surface area contributed by atoms with Crippen LogP contribution in [0.15, 0.2) is 78.9 Å². The standard InChI is InChI=1S/C25H24O5/c1-18(2)29-24(26)20-10-14-23(15-11-20)30-25(27)21-8-12-22(13-9-21)28-17-16-19-6-4-3-5-7-19/h3-15,18H,16-17H2,1-2H3. The molecule has 0 amide bonds. The minimum absolute atomic E-state index is 0.194. The predicted octanol–water partition coefficient (Wildman–Crippen LogP) is 5.09. The van der Waals surface area contributed by atoms with Gasteiger partial charge in [-0.3, -0.25) is 0 Å². The summed E-state index contributed by atoms with van der Waals surface area (Å²) in [5, 5.41) is 0. The Morgan fingerprint density at radius 2 is 1.30 bits per heavy atom. The van der Waals surface area contributed by atoms with Crippen molar-refractivity contribution in [1.82, 2.24) is 0 Å². The van der Waals surface area contributed by atoms with E-state index in [9.17, 15) is 9.59 Å². The molecule has 3 aromatic carbocycles. The van der Waals surface area contributed by atoms with Gasteiger partial charge in [0.25, 0.3) is 0 Å². The second-order valence-corrected chi connectivity index (χ2v) is 6.98. The van der Waals surface area contributed by atoms with E-state index in [-0.39, 0.29) is 6.10 Å². The van der Waals surface area contributed by atoms with Gasteiger partial charge in [-0.05, 0) is 67.9 Å². The summed E-state index contributed by atoms with van der Waals surface area (Å²) in [7, 11) is 0. The molecule has 30 heavy (non-hydrogen) atoms. The molecule has 0 saturated heterocycles. The lowest BCUT2D eigenvalue weighted by atomic mass is 10.2. The molecule has 0 aliphatic heterocycles. The lowest BCUT2D eigenvalue weighted by Crippen LogP contribution is -2.12. The van der Waals surface area contributed by atoms with Crippen LogP contribution in [0.25, 0.3) is 0 Å². The van der Waals surface area contributed by atoms with Crippen molar-refractivity contribution < 1.29 is 23.8 Å². The minimum atomic E-state index is -0.483. The highest BCUT2D eigenvalue weighted by atomic mass is 16.5. The van der Waals surface area contributed by atoms with Gasteiger partial charge < -0.3 is 14.2 Å². The predicted molar refractivity (Wildman–Crippen MR) is 114 cm³/mol. The van der Waals surface area contributed by atoms with Crippen LogP contribution in [0, 0.1) is 0 Å². The first-order valence-corrected chi connectivity index (χ1v) is 9.81. The molecule has 3 aromatic rings. The van der Waals surface area contributed by atoms with Crippen molar-refractivity contribution >= 4 is 11.9 Å². The molecular formula is C25H24O5. The third kappa shape index (κ3) is 6.21. The molecule has 154 valence electrons. The van der Waals surface area contributed by atoms with E-state index >= 15 is 0 Å². The number of carbonyl (C=O) groups excluding carboxylic acids is 2. The molecule has 0 heterocycles. The van der Waals surface area contributed by atoms with Gasteiger partial charge in [0.05, 0.1) is 23.8 Å². The molecule has 0 radical (unpaired) electrons. The molecule has 0 unspecified atom stereocenters. The molecular weight excluding hydrogens is 380 g/mol. The van der Waals surface area contributed by atoms with Gasteiger partial charge in [-0.25, -0.2) is 9.59 Å². The van der Waals surface area contributed by atoms with E-state index in [0.29, 0.717) is 29.2 Å². The van der Waals surface area contributed by atoms with E-state index < -0.39 is 11.9 Å². The third-order valence-electron chi connectivity index (χ3n) is 4.24. The molecule has 0 spiro atoms. The van der Waals surface area contributed by atoms with Crippen molar-refractivity contribution in [3.05, 3.63) is 95.6 Å². The molecule has 3 rings (SSSR count). The van der Waals surface area contributed by atoms with Gasteiger partial charge in [0.2, 0.25) is 0 Å². The van der Waals surface area contributed by atoms with Crippen LogP contribution in [0.1, 0.15) is 40.1 Å². The van der Waals surface area contributed by atoms with Crippen LogP contribution in [0.4, 0.5) is 0 Å². The quantitative estimate of drug-likeness (QED) is 0.386. The molecule has 0 aliphatic carbocycles. The molecule has 0 N–H and O–H groups in total. The zero-order valence-electron chi connectivity index (χ0n) is 17.0. The second-order valence-electron chi connectivity index (χ2n) is 6.98. The average molecular weight is 404 g/mol. The maximum absolute atomic E-state index is 12.3. The van der Waals surface area contributed by atoms with Crippen molar-refractivity contribution in [2.45, 2.75) is 26.4 Å². The lowest BCUT2D eigenvalue weighted by molar-refractivity contribution is 0.0378. The SMILES string of the molecule is CC(C)OC(=O)c1ccc(OC(=O)c2ccc(OCCc3ccccc3)cc2)cc1. The molecule has 0 saturated carbocycles. The molecule has 0 atom stereocenters. The number of benzene rings is 3. The summed E-state index contributed by atoms with van der Waals surface area (Å²) in [6.45, 7) is 4.13. The number of esters is 2. The number of ether oxygens (including phenoxy) is 3. The Bertz CT molecular complexity index is 961. The van der Waals surface area contributed by atoms with Crippen LogP contribution in [0.3, 0.4) is 0 Å². The van der Waals surface area contributed by atoms with Gasteiger partial charge >= 0.3 is 11.9 Å². The van der Waals surface area contributed by atoms with Crippen LogP contribution in [0.2, 0.25) is 0 Å². The molecule has 0 bridgehead atoms. The largest absolute Gasteiger partial charge is 0.493 e. The first-order valence-electron chi connectivity index (χ1n) is 9.81. The summed E-state index contributed by atoms with van der Waals surface area (Å²) in [4.78, 5) is 24.2. The normalized spacial score (nSPS) is 10.5. The van der Waals surface area contributed by atoms with E-state index in [1.807, 2.05) is 18.2 Å². The maximum atomic E-state index is 12.3. The summed E-state index contributed by atoms with van der Waals surface area (Å²) in [6, 6.07) is 23.2. The van der Waals surface area contributed by atoms with E-state index in [4.69, 9.17) is 14.2 Å². The van der Waals surface area contributed by atoms with E-state index in [1.165, 1.54) is 5.56 Å². The summed E-state index contributed by atoms with van der Waals surface area (Å²) in [5.41, 5.74) is 2.02. The molecule has 5 nitrogen and oxygen atoms in total. The van der Waals surface area contributed by atoms with Gasteiger partial charge in [-0.1, -0.05) is 30.3 Å². The smallest absolute Gasteiger partial charge is 0.343 e. The highest BCUT2D eigenvalue weighted by Gasteiger charge is 2.12. The second kappa shape index (κ2) is 10.3. The number of hydrogen-bond donors (Lipinski definition) is 0. The Morgan fingerprint density at radius 1 is 0.733 bits per heavy atom. The fraction of sp³-hybridized carbons (Fsp3) is 0.200. The molecule has 0 aromatic heterocycles. The number of rotatable bonds is 8. The topological polar surface area (TPSA) is 61.8 Å². The third-order valence-corrected chi connectivity index (χ3v) is 4.24. The van der Waals surface area contributed by atoms with Gasteiger partial charge in [0.1, 0.15) is 11.5 Å². The fourth-order valence-electron chi connectivity index (χ4n) is 2.73. The number of carbonyl (C=O) groups is 2. The van der Waals surface area contributed by atoms with Gasteiger partial charge in [0, 0.05) is 6.42 Å². The van der Waals surface area contributed by atoms with Crippen molar-refractivity contribution in [3.63, 3.8) is 0 Å². The van der Waals surface area contributed by atoms with Crippen LogP contribution in [-0.2, 0) is 11.2 Å². The van der Waals surface area contributed by atoms with Gasteiger partial charge in [-0.2, -0.15) is 0 Å². The summed E-state index contributed by atoms with van der Waals surface area (Å²) >= 11 is 0. The van der Waals surface area contributed by atoms with Crippen molar-refractivity contribution in [3.8, 4) is 11.5 Å². The van der Waals surface area contributed by atoms with Gasteiger partial charge in [0.15, 0.2) is 0 Å². The first kappa shape index (κ1) is 21.1. The highest BCUT2D eigenvalue weighted by Crippen LogP contribution is 2.17. The van der Waals surface area contributed by atoms with Crippen molar-refractivity contribution in [1.29, 1.82) is 0 Å². The summed E-state index contributed by atoms with van der Waals surface area (Å²) in [5.74, 6) is 0.147. The van der Waals surface area contributed by atoms with Crippen molar-refractivity contribution in [2.75, 3.05) is 6.61 Å². The van der Waals surface area contributed by atoms with E-state index in [0.717, 1.165) is 6.42 Å². The van der Waals surface area contributed by atoms with Crippen LogP contribution >= 0.6 is 0 Å². The van der Waals surface area contributed by atoms with Crippen LogP contribution in [0.5, 0.6) is 11.5 Å². The molecule has 5 heteroatoms. The monoisotopic (exact) mass is 404 g/mol. The Kier molecular flexibility index (Phi) is 7.22. The fourth-order valence-corrected chi connectivity index (χ4v) is 2.73. The zero-order chi connectivity index (χ0) is 21.3. The van der Waals surface area contributed by atoms with E-state index in [1.54, 1.807) is 62.4 Å². The molecule has 0 fully saturated rings. The average Bonchev–Trinajstić information content (AvgIpc) is 2.75. The highest BCUT2D eigenvalue weighted by molar-refractivity contribution is 5.92.